The summed E-state index contributed by atoms with van der Waals surface area (Å²) in [4.78, 5) is 39.5. The van der Waals surface area contributed by atoms with Crippen molar-refractivity contribution >= 4 is 18.0 Å². The molecule has 0 aromatic heterocycles. The summed E-state index contributed by atoms with van der Waals surface area (Å²) >= 11 is 0. The first-order chi connectivity index (χ1) is 19.5. The Kier molecular flexibility index (Phi) is 8.79. The molecule has 0 saturated heterocycles. The van der Waals surface area contributed by atoms with Crippen LogP contribution < -0.4 is 5.32 Å². The Morgan fingerprint density at radius 1 is 0.850 bits per heavy atom. The number of carbonyl (C=O) groups excluding carboxylic acids is 2. The van der Waals surface area contributed by atoms with Crippen molar-refractivity contribution in [3.63, 3.8) is 0 Å². The third kappa shape index (κ3) is 6.53. The van der Waals surface area contributed by atoms with Gasteiger partial charge in [-0.25, -0.2) is 4.79 Å². The highest BCUT2D eigenvalue weighted by atomic mass is 16.5. The Morgan fingerprint density at radius 2 is 1.45 bits per heavy atom. The van der Waals surface area contributed by atoms with Crippen LogP contribution in [0.15, 0.2) is 78.9 Å². The van der Waals surface area contributed by atoms with Gasteiger partial charge in [0.25, 0.3) is 0 Å². The second-order valence-electron chi connectivity index (χ2n) is 10.8. The van der Waals surface area contributed by atoms with E-state index in [9.17, 15) is 19.5 Å². The molecule has 7 heteroatoms. The van der Waals surface area contributed by atoms with E-state index < -0.39 is 24.6 Å². The van der Waals surface area contributed by atoms with Gasteiger partial charge in [0.15, 0.2) is 0 Å². The van der Waals surface area contributed by atoms with E-state index in [2.05, 4.69) is 29.6 Å². The number of carboxylic acid groups (broad SMARTS) is 1. The number of benzene rings is 3. The zero-order valence-corrected chi connectivity index (χ0v) is 22.6. The minimum absolute atomic E-state index is 0.0367. The summed E-state index contributed by atoms with van der Waals surface area (Å²) in [6.45, 7) is 0.00863. The highest BCUT2D eigenvalue weighted by Crippen LogP contribution is 2.44. The van der Waals surface area contributed by atoms with Crippen LogP contribution in [0.5, 0.6) is 0 Å². The first kappa shape index (κ1) is 27.4. The Labute approximate surface area is 235 Å². The van der Waals surface area contributed by atoms with Crippen LogP contribution in [0, 0.1) is 5.92 Å². The highest BCUT2D eigenvalue weighted by molar-refractivity contribution is 5.82. The summed E-state index contributed by atoms with van der Waals surface area (Å²) in [6.07, 6.45) is 4.56. The average molecular weight is 541 g/mol. The van der Waals surface area contributed by atoms with Crippen LogP contribution in [0.1, 0.15) is 61.1 Å². The fourth-order valence-electron chi connectivity index (χ4n) is 6.18. The van der Waals surface area contributed by atoms with E-state index in [0.717, 1.165) is 59.9 Å². The van der Waals surface area contributed by atoms with Gasteiger partial charge < -0.3 is 20.1 Å². The minimum Gasteiger partial charge on any atom is -0.480 e. The molecular formula is C33H36N2O5. The standard InChI is InChI=1S/C33H36N2O5/c36-31(35(21-32(37)38)20-23-11-3-1-4-12-23)19-30(24-13-5-2-6-14-24)34-33(39)40-22-29-27-17-9-7-15-25(27)26-16-8-10-18-28(26)29/h1,3-4,7-12,15-18,24,29-30H,2,5-6,13-14,19-22H2,(H,34,39)(H,37,38). The van der Waals surface area contributed by atoms with Crippen LogP contribution in [0.2, 0.25) is 0 Å². The van der Waals surface area contributed by atoms with Crippen LogP contribution in [0.4, 0.5) is 4.79 Å². The Hall–Kier alpha value is -4.13. The number of hydrogen-bond donors (Lipinski definition) is 2. The average Bonchev–Trinajstić information content (AvgIpc) is 3.30. The lowest BCUT2D eigenvalue weighted by Crippen LogP contribution is -2.46. The zero-order valence-electron chi connectivity index (χ0n) is 22.6. The monoisotopic (exact) mass is 540 g/mol. The second-order valence-corrected chi connectivity index (χ2v) is 10.8. The van der Waals surface area contributed by atoms with Gasteiger partial charge in [0.1, 0.15) is 13.2 Å². The normalized spacial score (nSPS) is 15.5. The van der Waals surface area contributed by atoms with Crippen molar-refractivity contribution in [2.45, 2.75) is 57.0 Å². The third-order valence-corrected chi connectivity index (χ3v) is 8.16. The molecule has 0 bridgehead atoms. The van der Waals surface area contributed by atoms with Gasteiger partial charge in [-0.05, 0) is 46.6 Å². The molecule has 2 aliphatic rings. The number of nitrogens with zero attached hydrogens (tertiary/aromatic N) is 1. The lowest BCUT2D eigenvalue weighted by Gasteiger charge is -2.32. The number of carbonyl (C=O) groups is 3. The predicted octanol–water partition coefficient (Wildman–Crippen LogP) is 5.98. The molecular weight excluding hydrogens is 504 g/mol. The quantitative estimate of drug-likeness (QED) is 0.330. The number of rotatable bonds is 10. The number of aliphatic carboxylic acids is 1. The molecule has 2 aliphatic carbocycles. The minimum atomic E-state index is -1.07. The fraction of sp³-hybridized carbons (Fsp3) is 0.364. The van der Waals surface area contributed by atoms with E-state index in [1.165, 1.54) is 4.90 Å². The summed E-state index contributed by atoms with van der Waals surface area (Å²) in [5, 5.41) is 12.5. The van der Waals surface area contributed by atoms with Crippen LogP contribution >= 0.6 is 0 Å². The van der Waals surface area contributed by atoms with Crippen molar-refractivity contribution in [1.82, 2.24) is 10.2 Å². The molecule has 3 aromatic carbocycles. The first-order valence-corrected chi connectivity index (χ1v) is 14.1. The van der Waals surface area contributed by atoms with Gasteiger partial charge in [-0.2, -0.15) is 0 Å². The van der Waals surface area contributed by atoms with Crippen LogP contribution in [-0.4, -0.2) is 47.2 Å². The summed E-state index contributed by atoms with van der Waals surface area (Å²) in [5.74, 6) is -1.27. The predicted molar refractivity (Wildman–Crippen MR) is 153 cm³/mol. The van der Waals surface area contributed by atoms with Crippen LogP contribution in [0.25, 0.3) is 11.1 Å². The maximum absolute atomic E-state index is 13.4. The number of amides is 2. The number of hydrogen-bond acceptors (Lipinski definition) is 4. The van der Waals surface area contributed by atoms with Gasteiger partial charge in [0.05, 0.1) is 0 Å². The van der Waals surface area contributed by atoms with E-state index in [1.807, 2.05) is 54.6 Å². The maximum Gasteiger partial charge on any atom is 0.407 e. The van der Waals surface area contributed by atoms with Crippen molar-refractivity contribution in [2.24, 2.45) is 5.92 Å². The van der Waals surface area contributed by atoms with Gasteiger partial charge in [0, 0.05) is 24.9 Å². The number of fused-ring (bicyclic) bond motifs is 3. The van der Waals surface area contributed by atoms with Crippen molar-refractivity contribution in [3.05, 3.63) is 95.6 Å². The van der Waals surface area contributed by atoms with E-state index in [-0.39, 0.29) is 37.3 Å². The highest BCUT2D eigenvalue weighted by Gasteiger charge is 2.32. The van der Waals surface area contributed by atoms with Gasteiger partial charge in [-0.1, -0.05) is 98.1 Å². The fourth-order valence-corrected chi connectivity index (χ4v) is 6.18. The molecule has 0 heterocycles. The zero-order chi connectivity index (χ0) is 27.9. The van der Waals surface area contributed by atoms with Crippen molar-refractivity contribution in [2.75, 3.05) is 13.2 Å². The summed E-state index contributed by atoms with van der Waals surface area (Å²) in [5.41, 5.74) is 5.46. The molecule has 208 valence electrons. The lowest BCUT2D eigenvalue weighted by atomic mass is 9.82. The molecule has 2 amide bonds. The number of carboxylic acids is 1. The van der Waals surface area contributed by atoms with Gasteiger partial charge in [-0.3, -0.25) is 9.59 Å². The SMILES string of the molecule is O=C(O)CN(Cc1ccccc1)C(=O)CC(NC(=O)OCC1c2ccccc2-c2ccccc21)C1CCCCC1. The van der Waals surface area contributed by atoms with Gasteiger partial charge >= 0.3 is 12.1 Å². The molecule has 0 aliphatic heterocycles. The molecule has 0 radical (unpaired) electrons. The number of ether oxygens (including phenoxy) is 1. The smallest absolute Gasteiger partial charge is 0.407 e. The molecule has 0 spiro atoms. The Morgan fingerprint density at radius 3 is 2.08 bits per heavy atom. The largest absolute Gasteiger partial charge is 0.480 e. The van der Waals surface area contributed by atoms with Crippen molar-refractivity contribution in [3.8, 4) is 11.1 Å². The molecule has 3 aromatic rings. The summed E-state index contributed by atoms with van der Waals surface area (Å²) in [7, 11) is 0. The van der Waals surface area contributed by atoms with E-state index in [0.29, 0.717) is 0 Å². The molecule has 1 atom stereocenters. The number of nitrogens with one attached hydrogen (secondary N) is 1. The maximum atomic E-state index is 13.4. The van der Waals surface area contributed by atoms with Gasteiger partial charge in [-0.15, -0.1) is 0 Å². The lowest BCUT2D eigenvalue weighted by molar-refractivity contribution is -0.145. The van der Waals surface area contributed by atoms with E-state index in [1.54, 1.807) is 0 Å². The number of alkyl carbamates (subject to hydrolysis) is 1. The molecule has 1 saturated carbocycles. The van der Waals surface area contributed by atoms with Crippen molar-refractivity contribution < 1.29 is 24.2 Å². The second kappa shape index (κ2) is 12.8. The van der Waals surface area contributed by atoms with Crippen molar-refractivity contribution in [1.29, 1.82) is 0 Å². The molecule has 7 nitrogen and oxygen atoms in total. The van der Waals surface area contributed by atoms with Gasteiger partial charge in [0.2, 0.25) is 5.91 Å². The topological polar surface area (TPSA) is 95.9 Å². The summed E-state index contributed by atoms with van der Waals surface area (Å²) < 4.78 is 5.79. The molecule has 2 N–H and O–H groups in total. The molecule has 40 heavy (non-hydrogen) atoms. The molecule has 1 unspecified atom stereocenters. The summed E-state index contributed by atoms with van der Waals surface area (Å²) in [6, 6.07) is 25.3. The van der Waals surface area contributed by atoms with E-state index in [4.69, 9.17) is 4.74 Å². The Bertz CT molecular complexity index is 1290. The van der Waals surface area contributed by atoms with E-state index >= 15 is 0 Å². The van der Waals surface area contributed by atoms with Crippen LogP contribution in [0.3, 0.4) is 0 Å². The Balaban J connectivity index is 1.27. The van der Waals surface area contributed by atoms with Crippen LogP contribution in [-0.2, 0) is 20.9 Å². The molecule has 5 rings (SSSR count). The third-order valence-electron chi connectivity index (χ3n) is 8.16. The first-order valence-electron chi connectivity index (χ1n) is 14.1. The molecule has 1 fully saturated rings.